The van der Waals surface area contributed by atoms with Crippen molar-refractivity contribution in [2.24, 2.45) is 5.16 Å². The van der Waals surface area contributed by atoms with Crippen molar-refractivity contribution in [2.75, 3.05) is 25.0 Å². The fourth-order valence-corrected chi connectivity index (χ4v) is 3.53. The summed E-state index contributed by atoms with van der Waals surface area (Å²) in [7, 11) is 0. The van der Waals surface area contributed by atoms with Gasteiger partial charge in [-0.15, -0.1) is 0 Å². The van der Waals surface area contributed by atoms with Gasteiger partial charge in [0, 0.05) is 31.6 Å². The van der Waals surface area contributed by atoms with E-state index in [0.29, 0.717) is 43.8 Å². The van der Waals surface area contributed by atoms with Crippen LogP contribution in [-0.4, -0.2) is 36.2 Å². The number of likely N-dealkylation sites (tertiary alicyclic amines) is 1. The van der Waals surface area contributed by atoms with Crippen LogP contribution in [0.5, 0.6) is 0 Å². The van der Waals surface area contributed by atoms with Crippen LogP contribution < -0.4 is 5.32 Å². The van der Waals surface area contributed by atoms with E-state index in [-0.39, 0.29) is 24.8 Å². The van der Waals surface area contributed by atoms with Crippen molar-refractivity contribution in [2.45, 2.75) is 38.0 Å². The van der Waals surface area contributed by atoms with Gasteiger partial charge < -0.3 is 10.2 Å². The monoisotopic (exact) mass is 541 g/mol. The second-order valence-electron chi connectivity index (χ2n) is 8.25. The lowest BCUT2D eigenvalue weighted by Crippen LogP contribution is -2.39. The molecule has 0 spiro atoms. The number of piperidine rings is 1. The van der Waals surface area contributed by atoms with Gasteiger partial charge in [0.25, 0.3) is 0 Å². The van der Waals surface area contributed by atoms with Crippen LogP contribution in [0, 0.1) is 0 Å². The van der Waals surface area contributed by atoms with Crippen LogP contribution in [0.4, 0.5) is 45.2 Å². The van der Waals surface area contributed by atoms with Gasteiger partial charge in [0.05, 0.1) is 28.9 Å². The fraction of sp³-hybridized carbons (Fsp3) is 0.391. The molecule has 14 heteroatoms. The highest BCUT2D eigenvalue weighted by molar-refractivity contribution is 5.92. The van der Waals surface area contributed by atoms with E-state index in [1.807, 2.05) is 0 Å². The molecule has 1 amide bonds. The van der Waals surface area contributed by atoms with E-state index in [4.69, 9.17) is 4.84 Å². The number of carbonyl (C=O) groups is 1. The summed E-state index contributed by atoms with van der Waals surface area (Å²) in [5.74, 6) is -0.798. The Kier molecular flexibility index (Phi) is 8.40. The van der Waals surface area contributed by atoms with Gasteiger partial charge in [0.15, 0.2) is 0 Å². The third kappa shape index (κ3) is 8.37. The molecule has 2 aromatic carbocycles. The molecule has 0 radical (unpaired) electrons. The zero-order valence-electron chi connectivity index (χ0n) is 18.9. The van der Waals surface area contributed by atoms with Gasteiger partial charge in [-0.1, -0.05) is 17.3 Å². The van der Waals surface area contributed by atoms with E-state index in [1.165, 1.54) is 12.1 Å². The maximum atomic E-state index is 13.0. The minimum absolute atomic E-state index is 0.0315. The van der Waals surface area contributed by atoms with Crippen molar-refractivity contribution in [3.8, 4) is 0 Å². The Morgan fingerprint density at radius 1 is 0.838 bits per heavy atom. The summed E-state index contributed by atoms with van der Waals surface area (Å²) in [5.41, 5.74) is -3.65. The van der Waals surface area contributed by atoms with Gasteiger partial charge in [-0.2, -0.15) is 39.5 Å². The molecule has 1 heterocycles. The standard InChI is InChI=1S/C23H20F9N3O2/c24-21(25,26)15-3-1-2-14(8-15)13-37-34-18-4-6-35(7-5-18)12-20(36)33-19-10-16(22(27,28)29)9-17(11-19)23(30,31)32/h1-3,8-11H,4-7,12-13H2,(H,33,36). The SMILES string of the molecule is O=C(CN1CCC(=NOCc2cccc(C(F)(F)F)c2)CC1)Nc1cc(C(F)(F)F)cc(C(F)(F)F)c1. The van der Waals surface area contributed by atoms with Crippen molar-refractivity contribution in [3.63, 3.8) is 0 Å². The Morgan fingerprint density at radius 3 is 1.95 bits per heavy atom. The molecular weight excluding hydrogens is 521 g/mol. The number of anilines is 1. The zero-order chi connectivity index (χ0) is 27.4. The lowest BCUT2D eigenvalue weighted by molar-refractivity contribution is -0.143. The van der Waals surface area contributed by atoms with Gasteiger partial charge in [-0.05, 0) is 35.9 Å². The number of halogens is 9. The number of nitrogens with one attached hydrogen (secondary N) is 1. The zero-order valence-corrected chi connectivity index (χ0v) is 18.9. The van der Waals surface area contributed by atoms with Crippen LogP contribution in [0.3, 0.4) is 0 Å². The van der Waals surface area contributed by atoms with Gasteiger partial charge in [0.2, 0.25) is 5.91 Å². The van der Waals surface area contributed by atoms with Crippen molar-refractivity contribution in [1.29, 1.82) is 0 Å². The van der Waals surface area contributed by atoms with Gasteiger partial charge in [-0.3, -0.25) is 9.69 Å². The molecule has 0 bridgehead atoms. The highest BCUT2D eigenvalue weighted by atomic mass is 19.4. The molecule has 2 aromatic rings. The number of amides is 1. The molecule has 3 rings (SSSR count). The Bertz CT molecular complexity index is 1100. The number of oxime groups is 1. The van der Waals surface area contributed by atoms with Gasteiger partial charge in [-0.25, -0.2) is 0 Å². The topological polar surface area (TPSA) is 53.9 Å². The highest BCUT2D eigenvalue weighted by Crippen LogP contribution is 2.37. The molecule has 0 unspecified atom stereocenters. The minimum Gasteiger partial charge on any atom is -0.391 e. The van der Waals surface area contributed by atoms with Crippen LogP contribution >= 0.6 is 0 Å². The fourth-order valence-electron chi connectivity index (χ4n) is 3.53. The number of rotatable bonds is 6. The number of alkyl halides is 9. The number of carbonyl (C=O) groups excluding carboxylic acids is 1. The first-order valence-corrected chi connectivity index (χ1v) is 10.8. The summed E-state index contributed by atoms with van der Waals surface area (Å²) in [5, 5.41) is 5.99. The predicted octanol–water partition coefficient (Wildman–Crippen LogP) is 6.35. The molecule has 0 atom stereocenters. The minimum atomic E-state index is -5.04. The second kappa shape index (κ2) is 11.0. The summed E-state index contributed by atoms with van der Waals surface area (Å²) in [4.78, 5) is 19.0. The highest BCUT2D eigenvalue weighted by Gasteiger charge is 2.37. The number of hydrogen-bond acceptors (Lipinski definition) is 4. The van der Waals surface area contributed by atoms with Crippen LogP contribution in [-0.2, 0) is 34.8 Å². The quantitative estimate of drug-likeness (QED) is 0.343. The Morgan fingerprint density at radius 2 is 1.41 bits per heavy atom. The van der Waals surface area contributed by atoms with Crippen LogP contribution in [0.15, 0.2) is 47.6 Å². The molecule has 0 aliphatic carbocycles. The van der Waals surface area contributed by atoms with E-state index < -0.39 is 46.8 Å². The summed E-state index contributed by atoms with van der Waals surface area (Å²) >= 11 is 0. The Hall–Kier alpha value is -3.29. The van der Waals surface area contributed by atoms with E-state index >= 15 is 0 Å². The van der Waals surface area contributed by atoms with Gasteiger partial charge in [0.1, 0.15) is 6.61 Å². The molecule has 0 saturated carbocycles. The lowest BCUT2D eigenvalue weighted by Gasteiger charge is -2.26. The number of hydrogen-bond donors (Lipinski definition) is 1. The third-order valence-electron chi connectivity index (χ3n) is 5.35. The first kappa shape index (κ1) is 28.3. The van der Waals surface area contributed by atoms with Gasteiger partial charge >= 0.3 is 18.5 Å². The first-order valence-electron chi connectivity index (χ1n) is 10.8. The number of benzene rings is 2. The molecule has 202 valence electrons. The number of nitrogens with zero attached hydrogens (tertiary/aromatic N) is 2. The largest absolute Gasteiger partial charge is 0.416 e. The van der Waals surface area contributed by atoms with Crippen LogP contribution in [0.2, 0.25) is 0 Å². The Balaban J connectivity index is 1.52. The van der Waals surface area contributed by atoms with E-state index in [0.717, 1.165) is 12.1 Å². The Labute approximate surface area is 204 Å². The molecule has 1 aliphatic heterocycles. The first-order chi connectivity index (χ1) is 17.1. The second-order valence-corrected chi connectivity index (χ2v) is 8.25. The molecule has 5 nitrogen and oxygen atoms in total. The smallest absolute Gasteiger partial charge is 0.391 e. The molecule has 37 heavy (non-hydrogen) atoms. The molecule has 1 fully saturated rings. The third-order valence-corrected chi connectivity index (χ3v) is 5.35. The predicted molar refractivity (Wildman–Crippen MR) is 114 cm³/mol. The summed E-state index contributed by atoms with van der Waals surface area (Å²) in [6.45, 7) is 0.136. The molecule has 1 saturated heterocycles. The average molecular weight is 541 g/mol. The average Bonchev–Trinajstić information content (AvgIpc) is 2.78. The van der Waals surface area contributed by atoms with Crippen molar-refractivity contribution >= 4 is 17.3 Å². The van der Waals surface area contributed by atoms with Crippen molar-refractivity contribution < 1.29 is 49.1 Å². The summed E-state index contributed by atoms with van der Waals surface area (Å²) in [6, 6.07) is 5.41. The lowest BCUT2D eigenvalue weighted by atomic mass is 10.1. The van der Waals surface area contributed by atoms with E-state index in [2.05, 4.69) is 10.5 Å². The van der Waals surface area contributed by atoms with Crippen molar-refractivity contribution in [1.82, 2.24) is 4.90 Å². The molecular formula is C23H20F9N3O2. The van der Waals surface area contributed by atoms with Crippen LogP contribution in [0.25, 0.3) is 0 Å². The van der Waals surface area contributed by atoms with Crippen LogP contribution in [0.1, 0.15) is 35.1 Å². The van der Waals surface area contributed by atoms with E-state index in [9.17, 15) is 44.3 Å². The molecule has 1 aliphatic rings. The summed E-state index contributed by atoms with van der Waals surface area (Å²) < 4.78 is 116. The maximum absolute atomic E-state index is 13.0. The maximum Gasteiger partial charge on any atom is 0.416 e. The van der Waals surface area contributed by atoms with Crippen molar-refractivity contribution in [3.05, 3.63) is 64.7 Å². The normalized spacial score (nSPS) is 15.4. The molecule has 1 N–H and O–H groups in total. The molecule has 0 aromatic heterocycles. The van der Waals surface area contributed by atoms with E-state index in [1.54, 1.807) is 4.90 Å². The summed E-state index contributed by atoms with van der Waals surface area (Å²) in [6.07, 6.45) is -13.9.